The molecule has 0 fully saturated rings. The number of benzene rings is 1. The number of rotatable bonds is 4. The number of hydrogen-bond donors (Lipinski definition) is 1. The molecule has 0 aliphatic heterocycles. The summed E-state index contributed by atoms with van der Waals surface area (Å²) < 4.78 is 13.8. The van der Waals surface area contributed by atoms with Gasteiger partial charge in [0, 0.05) is 12.0 Å². The Bertz CT molecular complexity index is 624. The molecular weight excluding hydrogens is 275 g/mol. The van der Waals surface area contributed by atoms with Crippen molar-refractivity contribution in [2.75, 3.05) is 0 Å². The maximum absolute atomic E-state index is 13.8. The number of aryl methyl sites for hydroxylation is 1. The molecule has 0 bridgehead atoms. The van der Waals surface area contributed by atoms with Crippen LogP contribution >= 0.6 is 11.3 Å². The first kappa shape index (κ1) is 14.7. The van der Waals surface area contributed by atoms with Gasteiger partial charge < -0.3 is 5.32 Å². The summed E-state index contributed by atoms with van der Waals surface area (Å²) in [6.07, 6.45) is 0.447. The molecule has 0 saturated carbocycles. The second kappa shape index (κ2) is 6.13. The lowest BCUT2D eigenvalue weighted by Gasteiger charge is -2.11. The van der Waals surface area contributed by atoms with E-state index in [1.54, 1.807) is 18.2 Å². The highest BCUT2D eigenvalue weighted by atomic mass is 32.1. The van der Waals surface area contributed by atoms with Crippen LogP contribution in [0.25, 0.3) is 10.6 Å². The van der Waals surface area contributed by atoms with E-state index in [2.05, 4.69) is 10.3 Å². The van der Waals surface area contributed by atoms with Gasteiger partial charge in [0.2, 0.25) is 5.91 Å². The van der Waals surface area contributed by atoms with Crippen LogP contribution in [0.4, 0.5) is 4.39 Å². The topological polar surface area (TPSA) is 42.0 Å². The fraction of sp³-hybridized carbons (Fsp3) is 0.333. The molecule has 0 aliphatic carbocycles. The van der Waals surface area contributed by atoms with Crippen molar-refractivity contribution in [1.29, 1.82) is 0 Å². The molecule has 1 N–H and O–H groups in total. The number of nitrogens with zero attached hydrogens (tertiary/aromatic N) is 1. The summed E-state index contributed by atoms with van der Waals surface area (Å²) in [6, 6.07) is 6.47. The molecule has 1 unspecified atom stereocenters. The van der Waals surface area contributed by atoms with Gasteiger partial charge in [-0.2, -0.15) is 0 Å². The Labute approximate surface area is 121 Å². The number of carbonyl (C=O) groups excluding carboxylic acids is 1. The minimum Gasteiger partial charge on any atom is -0.349 e. The lowest BCUT2D eigenvalue weighted by Crippen LogP contribution is -2.25. The zero-order valence-electron chi connectivity index (χ0n) is 11.7. The molecular formula is C15H17FN2OS. The summed E-state index contributed by atoms with van der Waals surface area (Å²) in [5.74, 6) is -0.282. The Hall–Kier alpha value is -1.75. The number of amides is 1. The van der Waals surface area contributed by atoms with Gasteiger partial charge in [0.15, 0.2) is 0 Å². The molecule has 2 rings (SSSR count). The maximum atomic E-state index is 13.8. The number of aromatic nitrogens is 1. The molecule has 1 atom stereocenters. The quantitative estimate of drug-likeness (QED) is 0.930. The summed E-state index contributed by atoms with van der Waals surface area (Å²) in [4.78, 5) is 16.8. The first-order valence-electron chi connectivity index (χ1n) is 6.54. The second-order valence-electron chi connectivity index (χ2n) is 4.59. The van der Waals surface area contributed by atoms with E-state index >= 15 is 0 Å². The normalized spacial score (nSPS) is 12.2. The SMILES string of the molecule is CCC(=O)NC(C)c1sc(-c2ccccc2F)nc1C. The standard InChI is InChI=1S/C15H17FN2OS/c1-4-13(19)17-9(2)14-10(3)18-15(20-14)11-7-5-6-8-12(11)16/h5-9H,4H2,1-3H3,(H,17,19). The van der Waals surface area contributed by atoms with Crippen LogP contribution in [-0.2, 0) is 4.79 Å². The molecule has 0 saturated heterocycles. The van der Waals surface area contributed by atoms with E-state index in [0.29, 0.717) is 17.0 Å². The van der Waals surface area contributed by atoms with Crippen LogP contribution < -0.4 is 5.32 Å². The van der Waals surface area contributed by atoms with E-state index in [0.717, 1.165) is 10.6 Å². The molecule has 0 radical (unpaired) electrons. The average Bonchev–Trinajstić information content (AvgIpc) is 2.81. The number of thiazole rings is 1. The first-order valence-corrected chi connectivity index (χ1v) is 7.36. The highest BCUT2D eigenvalue weighted by Crippen LogP contribution is 2.32. The van der Waals surface area contributed by atoms with Crippen molar-refractivity contribution < 1.29 is 9.18 Å². The van der Waals surface area contributed by atoms with Crippen molar-refractivity contribution in [1.82, 2.24) is 10.3 Å². The van der Waals surface area contributed by atoms with Gasteiger partial charge in [-0.05, 0) is 26.0 Å². The Morgan fingerprint density at radius 1 is 1.45 bits per heavy atom. The van der Waals surface area contributed by atoms with Crippen LogP contribution in [0.15, 0.2) is 24.3 Å². The molecule has 2 aromatic rings. The van der Waals surface area contributed by atoms with E-state index in [1.165, 1.54) is 17.4 Å². The van der Waals surface area contributed by atoms with Gasteiger partial charge in [-0.1, -0.05) is 19.1 Å². The average molecular weight is 292 g/mol. The zero-order chi connectivity index (χ0) is 14.7. The van der Waals surface area contributed by atoms with Gasteiger partial charge >= 0.3 is 0 Å². The van der Waals surface area contributed by atoms with Crippen molar-refractivity contribution in [3.63, 3.8) is 0 Å². The van der Waals surface area contributed by atoms with Crippen LogP contribution in [-0.4, -0.2) is 10.9 Å². The summed E-state index contributed by atoms with van der Waals surface area (Å²) >= 11 is 1.42. The van der Waals surface area contributed by atoms with Crippen LogP contribution in [0.2, 0.25) is 0 Å². The molecule has 0 aliphatic rings. The Morgan fingerprint density at radius 2 is 2.15 bits per heavy atom. The van der Waals surface area contributed by atoms with Crippen molar-refractivity contribution in [3.05, 3.63) is 40.7 Å². The van der Waals surface area contributed by atoms with E-state index in [4.69, 9.17) is 0 Å². The Morgan fingerprint density at radius 3 is 2.80 bits per heavy atom. The van der Waals surface area contributed by atoms with Gasteiger partial charge in [-0.15, -0.1) is 11.3 Å². The Kier molecular flexibility index (Phi) is 4.49. The number of nitrogens with one attached hydrogen (secondary N) is 1. The van der Waals surface area contributed by atoms with Crippen LogP contribution in [0.1, 0.15) is 36.9 Å². The third-order valence-electron chi connectivity index (χ3n) is 3.03. The molecule has 1 aromatic heterocycles. The van der Waals surface area contributed by atoms with Crippen molar-refractivity contribution in [2.24, 2.45) is 0 Å². The molecule has 1 aromatic carbocycles. The van der Waals surface area contributed by atoms with Gasteiger partial charge in [0.1, 0.15) is 10.8 Å². The van der Waals surface area contributed by atoms with Crippen LogP contribution in [0.3, 0.4) is 0 Å². The molecule has 1 heterocycles. The summed E-state index contributed by atoms with van der Waals surface area (Å²) in [5, 5.41) is 3.55. The van der Waals surface area contributed by atoms with Gasteiger partial charge in [-0.25, -0.2) is 9.37 Å². The highest BCUT2D eigenvalue weighted by molar-refractivity contribution is 7.15. The molecule has 5 heteroatoms. The minimum absolute atomic E-state index is 0.00209. The number of carbonyl (C=O) groups is 1. The second-order valence-corrected chi connectivity index (χ2v) is 5.62. The smallest absolute Gasteiger partial charge is 0.220 e. The lowest BCUT2D eigenvalue weighted by molar-refractivity contribution is -0.121. The third-order valence-corrected chi connectivity index (χ3v) is 4.40. The Balaban J connectivity index is 2.30. The lowest BCUT2D eigenvalue weighted by atomic mass is 10.2. The van der Waals surface area contributed by atoms with E-state index in [9.17, 15) is 9.18 Å². The highest BCUT2D eigenvalue weighted by Gasteiger charge is 2.17. The zero-order valence-corrected chi connectivity index (χ0v) is 12.6. The predicted molar refractivity (Wildman–Crippen MR) is 79.1 cm³/mol. The monoisotopic (exact) mass is 292 g/mol. The largest absolute Gasteiger partial charge is 0.349 e. The van der Waals surface area contributed by atoms with E-state index in [-0.39, 0.29) is 17.8 Å². The van der Waals surface area contributed by atoms with Gasteiger partial charge in [-0.3, -0.25) is 4.79 Å². The fourth-order valence-corrected chi connectivity index (χ4v) is 3.06. The van der Waals surface area contributed by atoms with Gasteiger partial charge in [0.05, 0.1) is 16.6 Å². The molecule has 1 amide bonds. The molecule has 3 nitrogen and oxygen atoms in total. The number of hydrogen-bond acceptors (Lipinski definition) is 3. The molecule has 20 heavy (non-hydrogen) atoms. The number of halogens is 1. The molecule has 106 valence electrons. The van der Waals surface area contributed by atoms with Crippen LogP contribution in [0, 0.1) is 12.7 Å². The van der Waals surface area contributed by atoms with E-state index < -0.39 is 0 Å². The first-order chi connectivity index (χ1) is 9.52. The summed E-state index contributed by atoms with van der Waals surface area (Å²) in [5.41, 5.74) is 1.33. The van der Waals surface area contributed by atoms with Crippen molar-refractivity contribution >= 4 is 17.2 Å². The fourth-order valence-electron chi connectivity index (χ4n) is 1.97. The van der Waals surface area contributed by atoms with Crippen LogP contribution in [0.5, 0.6) is 0 Å². The van der Waals surface area contributed by atoms with Crippen molar-refractivity contribution in [2.45, 2.75) is 33.2 Å². The third kappa shape index (κ3) is 3.04. The predicted octanol–water partition coefficient (Wildman–Crippen LogP) is 3.84. The summed E-state index contributed by atoms with van der Waals surface area (Å²) in [7, 11) is 0. The minimum atomic E-state index is -0.280. The molecule has 0 spiro atoms. The summed E-state index contributed by atoms with van der Waals surface area (Å²) in [6.45, 7) is 5.61. The maximum Gasteiger partial charge on any atom is 0.220 e. The van der Waals surface area contributed by atoms with Gasteiger partial charge in [0.25, 0.3) is 0 Å². The van der Waals surface area contributed by atoms with E-state index in [1.807, 2.05) is 20.8 Å². The van der Waals surface area contributed by atoms with Crippen molar-refractivity contribution in [3.8, 4) is 10.6 Å².